The Morgan fingerprint density at radius 2 is 2.19 bits per heavy atom. The van der Waals surface area contributed by atoms with Gasteiger partial charge in [0.1, 0.15) is 0 Å². The number of nitrogens with one attached hydrogen (secondary N) is 1. The van der Waals surface area contributed by atoms with Crippen molar-refractivity contribution in [1.82, 2.24) is 10.2 Å². The summed E-state index contributed by atoms with van der Waals surface area (Å²) < 4.78 is 0. The Bertz CT molecular complexity index is 267. The van der Waals surface area contributed by atoms with Crippen molar-refractivity contribution < 1.29 is 4.79 Å². The van der Waals surface area contributed by atoms with Crippen LogP contribution in [0.15, 0.2) is 12.2 Å². The van der Waals surface area contributed by atoms with Gasteiger partial charge in [0.25, 0.3) is 0 Å². The van der Waals surface area contributed by atoms with Gasteiger partial charge in [-0.2, -0.15) is 0 Å². The normalized spacial score (nSPS) is 26.7. The van der Waals surface area contributed by atoms with E-state index in [0.717, 1.165) is 45.2 Å². The number of rotatable bonds is 4. The lowest BCUT2D eigenvalue weighted by molar-refractivity contribution is -0.138. The number of piperidine rings is 1. The lowest BCUT2D eigenvalue weighted by atomic mass is 10.0. The summed E-state index contributed by atoms with van der Waals surface area (Å²) in [6.45, 7) is 4.04. The molecule has 1 saturated heterocycles. The summed E-state index contributed by atoms with van der Waals surface area (Å²) in [5, 5.41) is 3.36. The molecule has 3 nitrogen and oxygen atoms in total. The van der Waals surface area contributed by atoms with Crippen LogP contribution in [-0.4, -0.2) is 36.0 Å². The molecule has 0 bridgehead atoms. The lowest BCUT2D eigenvalue weighted by Crippen LogP contribution is -2.53. The molecule has 1 amide bonds. The van der Waals surface area contributed by atoms with Gasteiger partial charge in [-0.3, -0.25) is 4.79 Å². The predicted molar refractivity (Wildman–Crippen MR) is 65.2 cm³/mol. The molecule has 1 fully saturated rings. The van der Waals surface area contributed by atoms with Crippen LogP contribution in [-0.2, 0) is 4.79 Å². The monoisotopic (exact) mass is 222 g/mol. The number of nitrogens with zero attached hydrogens (tertiary/aromatic N) is 1. The van der Waals surface area contributed by atoms with E-state index in [2.05, 4.69) is 29.3 Å². The average Bonchev–Trinajstić information content (AvgIpc) is 2.81. The van der Waals surface area contributed by atoms with Crippen molar-refractivity contribution in [3.8, 4) is 0 Å². The van der Waals surface area contributed by atoms with Crippen molar-refractivity contribution in [3.63, 3.8) is 0 Å². The van der Waals surface area contributed by atoms with Crippen LogP contribution in [0.4, 0.5) is 0 Å². The highest BCUT2D eigenvalue weighted by Gasteiger charge is 2.32. The van der Waals surface area contributed by atoms with Gasteiger partial charge in [-0.1, -0.05) is 19.1 Å². The van der Waals surface area contributed by atoms with Crippen LogP contribution in [0.5, 0.6) is 0 Å². The molecule has 3 heteroatoms. The molecule has 16 heavy (non-hydrogen) atoms. The molecule has 2 aliphatic rings. The van der Waals surface area contributed by atoms with Crippen molar-refractivity contribution in [2.45, 2.75) is 51.1 Å². The Balaban J connectivity index is 1.91. The predicted octanol–water partition coefficient (Wildman–Crippen LogP) is 1.70. The topological polar surface area (TPSA) is 32.3 Å². The smallest absolute Gasteiger partial charge is 0.239 e. The number of hydrogen-bond acceptors (Lipinski definition) is 2. The summed E-state index contributed by atoms with van der Waals surface area (Å²) in [4.78, 5) is 14.3. The van der Waals surface area contributed by atoms with Gasteiger partial charge < -0.3 is 10.2 Å². The van der Waals surface area contributed by atoms with Crippen LogP contribution in [0.25, 0.3) is 0 Å². The van der Waals surface area contributed by atoms with E-state index in [0.29, 0.717) is 11.9 Å². The second-order valence-electron chi connectivity index (χ2n) is 4.78. The molecular weight excluding hydrogens is 200 g/mol. The quantitative estimate of drug-likeness (QED) is 0.734. The Morgan fingerprint density at radius 1 is 1.44 bits per heavy atom. The van der Waals surface area contributed by atoms with Crippen LogP contribution >= 0.6 is 0 Å². The van der Waals surface area contributed by atoms with Gasteiger partial charge in [0.2, 0.25) is 5.91 Å². The van der Waals surface area contributed by atoms with Gasteiger partial charge in [-0.15, -0.1) is 0 Å². The molecule has 90 valence electrons. The minimum atomic E-state index is 0.0781. The highest BCUT2D eigenvalue weighted by molar-refractivity contribution is 5.83. The summed E-state index contributed by atoms with van der Waals surface area (Å²) in [6.07, 6.45) is 9.73. The summed E-state index contributed by atoms with van der Waals surface area (Å²) in [5.74, 6) is 0.327. The molecule has 1 aliphatic heterocycles. The molecule has 1 atom stereocenters. The molecular formula is C13H22N2O. The molecule has 0 aromatic rings. The zero-order valence-corrected chi connectivity index (χ0v) is 10.1. The molecule has 0 aromatic heterocycles. The molecule has 0 spiro atoms. The molecule has 0 saturated carbocycles. The maximum absolute atomic E-state index is 12.3. The van der Waals surface area contributed by atoms with E-state index in [9.17, 15) is 4.79 Å². The molecule has 1 unspecified atom stereocenters. The molecule has 1 heterocycles. The SMILES string of the molecule is CCCNC1CCCN(C2CC=CC2)C1=O. The number of carbonyl (C=O) groups excluding carboxylic acids is 1. The summed E-state index contributed by atoms with van der Waals surface area (Å²) in [5.41, 5.74) is 0. The fraction of sp³-hybridized carbons (Fsp3) is 0.769. The summed E-state index contributed by atoms with van der Waals surface area (Å²) in [6, 6.07) is 0.521. The van der Waals surface area contributed by atoms with Crippen LogP contribution in [0, 0.1) is 0 Å². The minimum Gasteiger partial charge on any atom is -0.338 e. The van der Waals surface area contributed by atoms with Gasteiger partial charge in [-0.05, 0) is 38.6 Å². The second-order valence-corrected chi connectivity index (χ2v) is 4.78. The fourth-order valence-electron chi connectivity index (χ4n) is 2.63. The van der Waals surface area contributed by atoms with Gasteiger partial charge in [-0.25, -0.2) is 0 Å². The van der Waals surface area contributed by atoms with Crippen LogP contribution in [0.3, 0.4) is 0 Å². The highest BCUT2D eigenvalue weighted by Crippen LogP contribution is 2.22. The van der Waals surface area contributed by atoms with E-state index in [4.69, 9.17) is 0 Å². The Hall–Kier alpha value is -0.830. The molecule has 0 aromatic carbocycles. The maximum atomic E-state index is 12.3. The third-order valence-corrected chi connectivity index (χ3v) is 3.54. The van der Waals surface area contributed by atoms with Gasteiger partial charge in [0.05, 0.1) is 6.04 Å². The number of amides is 1. The molecule has 0 radical (unpaired) electrons. The van der Waals surface area contributed by atoms with E-state index >= 15 is 0 Å². The third kappa shape index (κ3) is 2.46. The maximum Gasteiger partial charge on any atom is 0.239 e. The summed E-state index contributed by atoms with van der Waals surface area (Å²) in [7, 11) is 0. The lowest BCUT2D eigenvalue weighted by Gasteiger charge is -2.36. The Morgan fingerprint density at radius 3 is 2.88 bits per heavy atom. The van der Waals surface area contributed by atoms with Crippen LogP contribution < -0.4 is 5.32 Å². The van der Waals surface area contributed by atoms with Crippen molar-refractivity contribution in [2.24, 2.45) is 0 Å². The second kappa shape index (κ2) is 5.48. The first-order chi connectivity index (χ1) is 7.83. The van der Waals surface area contributed by atoms with Crippen LogP contribution in [0.2, 0.25) is 0 Å². The third-order valence-electron chi connectivity index (χ3n) is 3.54. The fourth-order valence-corrected chi connectivity index (χ4v) is 2.63. The van der Waals surface area contributed by atoms with Gasteiger partial charge >= 0.3 is 0 Å². The van der Waals surface area contributed by atoms with Crippen molar-refractivity contribution in [1.29, 1.82) is 0 Å². The first-order valence-corrected chi connectivity index (χ1v) is 6.51. The van der Waals surface area contributed by atoms with E-state index in [1.807, 2.05) is 0 Å². The van der Waals surface area contributed by atoms with E-state index in [1.165, 1.54) is 0 Å². The summed E-state index contributed by atoms with van der Waals surface area (Å²) >= 11 is 0. The van der Waals surface area contributed by atoms with Crippen molar-refractivity contribution >= 4 is 5.91 Å². The number of hydrogen-bond donors (Lipinski definition) is 1. The zero-order valence-electron chi connectivity index (χ0n) is 10.1. The van der Waals surface area contributed by atoms with Gasteiger partial charge in [0, 0.05) is 12.6 Å². The first kappa shape index (κ1) is 11.6. The number of likely N-dealkylation sites (tertiary alicyclic amines) is 1. The Labute approximate surface area is 97.9 Å². The molecule has 1 aliphatic carbocycles. The average molecular weight is 222 g/mol. The minimum absolute atomic E-state index is 0.0781. The first-order valence-electron chi connectivity index (χ1n) is 6.51. The number of carbonyl (C=O) groups is 1. The molecule has 1 N–H and O–H groups in total. The van der Waals surface area contributed by atoms with E-state index < -0.39 is 0 Å². The zero-order chi connectivity index (χ0) is 11.4. The van der Waals surface area contributed by atoms with Gasteiger partial charge in [0.15, 0.2) is 0 Å². The van der Waals surface area contributed by atoms with E-state index in [1.54, 1.807) is 0 Å². The van der Waals surface area contributed by atoms with Crippen LogP contribution in [0.1, 0.15) is 39.0 Å². The van der Waals surface area contributed by atoms with Crippen molar-refractivity contribution in [3.05, 3.63) is 12.2 Å². The van der Waals surface area contributed by atoms with Crippen molar-refractivity contribution in [2.75, 3.05) is 13.1 Å². The Kier molecular flexibility index (Phi) is 3.99. The standard InChI is InChI=1S/C13H22N2O/c1-2-9-14-12-8-5-10-15(13(12)16)11-6-3-4-7-11/h3-4,11-12,14H,2,5-10H2,1H3. The molecule has 2 rings (SSSR count). The largest absolute Gasteiger partial charge is 0.338 e. The van der Waals surface area contributed by atoms with E-state index in [-0.39, 0.29) is 6.04 Å². The highest BCUT2D eigenvalue weighted by atomic mass is 16.2.